The molecule has 3 rings (SSSR count). The Bertz CT molecular complexity index is 602. The van der Waals surface area contributed by atoms with Gasteiger partial charge in [0.05, 0.1) is 31.2 Å². The Morgan fingerprint density at radius 1 is 1.32 bits per heavy atom. The molecule has 1 spiro atoms. The quantitative estimate of drug-likeness (QED) is 0.827. The van der Waals surface area contributed by atoms with E-state index in [-0.39, 0.29) is 5.28 Å². The molecule has 0 unspecified atom stereocenters. The second kappa shape index (κ2) is 5.54. The summed E-state index contributed by atoms with van der Waals surface area (Å²) < 4.78 is 11.5. The van der Waals surface area contributed by atoms with Gasteiger partial charge in [0.1, 0.15) is 5.54 Å². The third kappa shape index (κ3) is 2.47. The van der Waals surface area contributed by atoms with E-state index in [2.05, 4.69) is 16.0 Å². The van der Waals surface area contributed by atoms with Crippen LogP contribution in [-0.2, 0) is 9.47 Å². The third-order valence-corrected chi connectivity index (χ3v) is 4.77. The van der Waals surface area contributed by atoms with E-state index in [4.69, 9.17) is 26.8 Å². The van der Waals surface area contributed by atoms with Crippen molar-refractivity contribution in [1.82, 2.24) is 9.97 Å². The molecule has 7 nitrogen and oxygen atoms in total. The number of nitrogen functional groups attached to an aromatic ring is 1. The highest BCUT2D eigenvalue weighted by molar-refractivity contribution is 6.28. The van der Waals surface area contributed by atoms with Gasteiger partial charge in [0.2, 0.25) is 5.28 Å². The zero-order chi connectivity index (χ0) is 15.8. The third-order valence-electron chi connectivity index (χ3n) is 4.59. The molecule has 0 aromatic carbocycles. The number of aromatic nitrogens is 2. The number of hydrogen-bond donors (Lipinski definition) is 1. The average molecular weight is 324 g/mol. The van der Waals surface area contributed by atoms with Gasteiger partial charge in [-0.25, -0.2) is 4.98 Å². The molecule has 1 aromatic rings. The van der Waals surface area contributed by atoms with Crippen LogP contribution in [0.5, 0.6) is 0 Å². The molecule has 0 bridgehead atoms. The summed E-state index contributed by atoms with van der Waals surface area (Å²) >= 11 is 5.86. The van der Waals surface area contributed by atoms with Crippen LogP contribution in [0.1, 0.15) is 25.7 Å². The van der Waals surface area contributed by atoms with Gasteiger partial charge in [-0.1, -0.05) is 0 Å². The van der Waals surface area contributed by atoms with Gasteiger partial charge in [0.15, 0.2) is 11.6 Å². The Kier molecular flexibility index (Phi) is 3.85. The molecule has 22 heavy (non-hydrogen) atoms. The molecular formula is C14H18ClN5O2. The van der Waals surface area contributed by atoms with E-state index in [0.29, 0.717) is 50.4 Å². The standard InChI is InChI=1S/C14H18ClN5O2/c1-20(11-10(17)8-18-12(15)19-11)13(9-16)2-4-14(5-3-13)21-6-7-22-14/h8H,2-7,17H2,1H3. The van der Waals surface area contributed by atoms with Crippen molar-refractivity contribution in [2.75, 3.05) is 30.9 Å². The van der Waals surface area contributed by atoms with Crippen LogP contribution in [0.25, 0.3) is 0 Å². The lowest BCUT2D eigenvalue weighted by molar-refractivity contribution is -0.181. The summed E-state index contributed by atoms with van der Waals surface area (Å²) in [6, 6.07) is 2.42. The summed E-state index contributed by atoms with van der Waals surface area (Å²) in [6.45, 7) is 1.23. The van der Waals surface area contributed by atoms with E-state index < -0.39 is 11.3 Å². The van der Waals surface area contributed by atoms with E-state index in [0.717, 1.165) is 0 Å². The summed E-state index contributed by atoms with van der Waals surface area (Å²) in [5, 5.41) is 9.88. The van der Waals surface area contributed by atoms with Gasteiger partial charge >= 0.3 is 0 Å². The van der Waals surface area contributed by atoms with Crippen molar-refractivity contribution in [1.29, 1.82) is 5.26 Å². The van der Waals surface area contributed by atoms with Gasteiger partial charge in [0, 0.05) is 19.9 Å². The maximum atomic E-state index is 9.77. The zero-order valence-corrected chi connectivity index (χ0v) is 13.1. The maximum absolute atomic E-state index is 9.77. The molecule has 2 N–H and O–H groups in total. The van der Waals surface area contributed by atoms with Gasteiger partial charge in [-0.3, -0.25) is 0 Å². The lowest BCUT2D eigenvalue weighted by atomic mass is 9.78. The second-order valence-corrected chi connectivity index (χ2v) is 6.07. The smallest absolute Gasteiger partial charge is 0.224 e. The fraction of sp³-hybridized carbons (Fsp3) is 0.643. The van der Waals surface area contributed by atoms with Crippen molar-refractivity contribution in [3.05, 3.63) is 11.5 Å². The predicted octanol–water partition coefficient (Wildman–Crippen LogP) is 1.73. The molecule has 0 amide bonds. The first kappa shape index (κ1) is 15.3. The molecule has 8 heteroatoms. The predicted molar refractivity (Wildman–Crippen MR) is 81.3 cm³/mol. The van der Waals surface area contributed by atoms with Crippen LogP contribution in [0.2, 0.25) is 5.28 Å². The Labute approximate surface area is 134 Å². The molecule has 2 heterocycles. The summed E-state index contributed by atoms with van der Waals surface area (Å²) in [4.78, 5) is 9.83. The summed E-state index contributed by atoms with van der Waals surface area (Å²) in [6.07, 6.45) is 4.02. The van der Waals surface area contributed by atoms with Gasteiger partial charge in [-0.2, -0.15) is 10.2 Å². The minimum absolute atomic E-state index is 0.110. The zero-order valence-electron chi connectivity index (χ0n) is 12.4. The van der Waals surface area contributed by atoms with Crippen molar-refractivity contribution >= 4 is 23.1 Å². The number of ether oxygens (including phenoxy) is 2. The fourth-order valence-electron chi connectivity index (χ4n) is 3.19. The molecular weight excluding hydrogens is 306 g/mol. The number of halogens is 1. The molecule has 1 saturated heterocycles. The van der Waals surface area contributed by atoms with E-state index in [1.54, 1.807) is 4.90 Å². The van der Waals surface area contributed by atoms with Crippen LogP contribution < -0.4 is 10.6 Å². The Morgan fingerprint density at radius 3 is 2.55 bits per heavy atom. The highest BCUT2D eigenvalue weighted by Crippen LogP contribution is 2.43. The Balaban J connectivity index is 1.85. The van der Waals surface area contributed by atoms with Crippen molar-refractivity contribution < 1.29 is 9.47 Å². The lowest BCUT2D eigenvalue weighted by Gasteiger charge is -2.44. The number of anilines is 2. The molecule has 2 fully saturated rings. The average Bonchev–Trinajstić information content (AvgIpc) is 2.99. The Hall–Kier alpha value is -1.62. The van der Waals surface area contributed by atoms with Crippen LogP contribution in [0, 0.1) is 11.3 Å². The highest BCUT2D eigenvalue weighted by Gasteiger charge is 2.49. The number of nitrogens with two attached hydrogens (primary N) is 1. The van der Waals surface area contributed by atoms with Crippen LogP contribution in [0.15, 0.2) is 6.20 Å². The summed E-state index contributed by atoms with van der Waals surface area (Å²) in [7, 11) is 1.81. The number of nitrogens with zero attached hydrogens (tertiary/aromatic N) is 4. The monoisotopic (exact) mass is 323 g/mol. The van der Waals surface area contributed by atoms with Crippen LogP contribution in [0.4, 0.5) is 11.5 Å². The molecule has 0 radical (unpaired) electrons. The largest absolute Gasteiger partial charge is 0.394 e. The first-order chi connectivity index (χ1) is 10.5. The molecule has 1 saturated carbocycles. The van der Waals surface area contributed by atoms with Crippen molar-refractivity contribution in [2.24, 2.45) is 0 Å². The van der Waals surface area contributed by atoms with Gasteiger partial charge in [0.25, 0.3) is 0 Å². The first-order valence-electron chi connectivity index (χ1n) is 7.21. The van der Waals surface area contributed by atoms with E-state index in [9.17, 15) is 5.26 Å². The molecule has 1 aliphatic heterocycles. The van der Waals surface area contributed by atoms with Crippen molar-refractivity contribution in [3.8, 4) is 6.07 Å². The summed E-state index contributed by atoms with van der Waals surface area (Å²) in [5.74, 6) is -0.0403. The minimum atomic E-state index is -0.702. The second-order valence-electron chi connectivity index (χ2n) is 5.73. The topological polar surface area (TPSA) is 97.3 Å². The molecule has 2 aliphatic rings. The maximum Gasteiger partial charge on any atom is 0.224 e. The molecule has 1 aromatic heterocycles. The SMILES string of the molecule is CN(c1nc(Cl)ncc1N)C1(C#N)CCC2(CC1)OCCO2. The number of hydrogen-bond acceptors (Lipinski definition) is 7. The van der Waals surface area contributed by atoms with E-state index >= 15 is 0 Å². The van der Waals surface area contributed by atoms with Crippen LogP contribution >= 0.6 is 11.6 Å². The Morgan fingerprint density at radius 2 is 1.95 bits per heavy atom. The minimum Gasteiger partial charge on any atom is -0.394 e. The number of rotatable bonds is 2. The summed E-state index contributed by atoms with van der Waals surface area (Å²) in [5.41, 5.74) is 5.64. The normalized spacial score (nSPS) is 22.4. The lowest BCUT2D eigenvalue weighted by Crippen LogP contribution is -2.52. The van der Waals surface area contributed by atoms with Gasteiger partial charge in [-0.05, 0) is 24.4 Å². The molecule has 1 aliphatic carbocycles. The molecule has 0 atom stereocenters. The van der Waals surface area contributed by atoms with Crippen LogP contribution in [-0.4, -0.2) is 41.6 Å². The van der Waals surface area contributed by atoms with Crippen LogP contribution in [0.3, 0.4) is 0 Å². The van der Waals surface area contributed by atoms with Crippen molar-refractivity contribution in [2.45, 2.75) is 37.0 Å². The van der Waals surface area contributed by atoms with E-state index in [1.165, 1.54) is 6.20 Å². The first-order valence-corrected chi connectivity index (χ1v) is 7.59. The highest BCUT2D eigenvalue weighted by atomic mass is 35.5. The van der Waals surface area contributed by atoms with Crippen molar-refractivity contribution in [3.63, 3.8) is 0 Å². The van der Waals surface area contributed by atoms with Gasteiger partial charge < -0.3 is 20.1 Å². The number of nitriles is 1. The van der Waals surface area contributed by atoms with Gasteiger partial charge in [-0.15, -0.1) is 0 Å². The fourth-order valence-corrected chi connectivity index (χ4v) is 3.31. The van der Waals surface area contributed by atoms with E-state index in [1.807, 2.05) is 7.05 Å². The molecule has 118 valence electrons.